The van der Waals surface area contributed by atoms with Gasteiger partial charge in [-0.3, -0.25) is 9.97 Å². The quantitative estimate of drug-likeness (QED) is 0.742. The van der Waals surface area contributed by atoms with Gasteiger partial charge in [-0.05, 0) is 24.6 Å². The van der Waals surface area contributed by atoms with E-state index in [1.165, 1.54) is 6.20 Å². The molecular weight excluding hydrogens is 176 g/mol. The van der Waals surface area contributed by atoms with Crippen molar-refractivity contribution in [1.29, 1.82) is 0 Å². The monoisotopic (exact) mass is 186 g/mol. The number of hydrogen-bond donors (Lipinski definition) is 1. The highest BCUT2D eigenvalue weighted by Gasteiger charge is 2.02. The van der Waals surface area contributed by atoms with Gasteiger partial charge in [-0.2, -0.15) is 0 Å². The zero-order valence-corrected chi connectivity index (χ0v) is 7.81. The van der Waals surface area contributed by atoms with Crippen LogP contribution in [0, 0.1) is 6.92 Å². The Morgan fingerprint density at radius 1 is 1.14 bits per heavy atom. The fourth-order valence-electron chi connectivity index (χ4n) is 1.34. The largest absolute Gasteiger partial charge is 0.506 e. The van der Waals surface area contributed by atoms with Gasteiger partial charge in [-0.1, -0.05) is 0 Å². The lowest BCUT2D eigenvalue weighted by Gasteiger charge is -2.04. The van der Waals surface area contributed by atoms with E-state index in [0.717, 1.165) is 16.7 Å². The van der Waals surface area contributed by atoms with Crippen LogP contribution in [0.25, 0.3) is 11.1 Å². The van der Waals surface area contributed by atoms with Crippen molar-refractivity contribution in [2.45, 2.75) is 6.92 Å². The minimum Gasteiger partial charge on any atom is -0.506 e. The third kappa shape index (κ3) is 1.57. The Labute approximate surface area is 82.1 Å². The molecule has 0 unspecified atom stereocenters. The molecule has 0 spiro atoms. The normalized spacial score (nSPS) is 10.1. The van der Waals surface area contributed by atoms with Gasteiger partial charge in [-0.15, -0.1) is 0 Å². The zero-order chi connectivity index (χ0) is 9.97. The summed E-state index contributed by atoms with van der Waals surface area (Å²) < 4.78 is 0. The summed E-state index contributed by atoms with van der Waals surface area (Å²) in [6, 6.07) is 3.61. The maximum atomic E-state index is 9.28. The molecule has 14 heavy (non-hydrogen) atoms. The number of aromatic hydroxyl groups is 1. The molecule has 2 heterocycles. The summed E-state index contributed by atoms with van der Waals surface area (Å²) in [5, 5.41) is 9.28. The maximum Gasteiger partial charge on any atom is 0.134 e. The summed E-state index contributed by atoms with van der Waals surface area (Å²) in [4.78, 5) is 7.97. The van der Waals surface area contributed by atoms with Gasteiger partial charge in [0, 0.05) is 29.7 Å². The van der Waals surface area contributed by atoms with Gasteiger partial charge in [-0.25, -0.2) is 0 Å². The SMILES string of the molecule is Cc1ccncc1-c1cncc(O)c1. The number of aromatic nitrogens is 2. The van der Waals surface area contributed by atoms with Gasteiger partial charge >= 0.3 is 0 Å². The second kappa shape index (κ2) is 3.46. The maximum absolute atomic E-state index is 9.28. The van der Waals surface area contributed by atoms with Crippen LogP contribution in [-0.2, 0) is 0 Å². The summed E-state index contributed by atoms with van der Waals surface area (Å²) in [7, 11) is 0. The lowest BCUT2D eigenvalue weighted by atomic mass is 10.1. The minimum atomic E-state index is 0.172. The second-order valence-corrected chi connectivity index (χ2v) is 3.12. The van der Waals surface area contributed by atoms with E-state index in [9.17, 15) is 5.11 Å². The Bertz CT molecular complexity index is 455. The van der Waals surface area contributed by atoms with Crippen LogP contribution < -0.4 is 0 Å². The third-order valence-corrected chi connectivity index (χ3v) is 2.07. The summed E-state index contributed by atoms with van der Waals surface area (Å²) in [6.45, 7) is 2.00. The summed E-state index contributed by atoms with van der Waals surface area (Å²) in [5.41, 5.74) is 3.00. The van der Waals surface area contributed by atoms with Gasteiger partial charge in [0.2, 0.25) is 0 Å². The second-order valence-electron chi connectivity index (χ2n) is 3.12. The molecule has 0 radical (unpaired) electrons. The molecule has 0 bridgehead atoms. The first-order valence-electron chi connectivity index (χ1n) is 4.32. The molecule has 0 aromatic carbocycles. The van der Waals surface area contributed by atoms with E-state index in [2.05, 4.69) is 9.97 Å². The number of pyridine rings is 2. The highest BCUT2D eigenvalue weighted by molar-refractivity contribution is 5.66. The average Bonchev–Trinajstić information content (AvgIpc) is 2.18. The van der Waals surface area contributed by atoms with E-state index in [-0.39, 0.29) is 5.75 Å². The highest BCUT2D eigenvalue weighted by Crippen LogP contribution is 2.23. The summed E-state index contributed by atoms with van der Waals surface area (Å²) in [5.74, 6) is 0.172. The first-order chi connectivity index (χ1) is 6.77. The number of nitrogens with zero attached hydrogens (tertiary/aromatic N) is 2. The van der Waals surface area contributed by atoms with Crippen molar-refractivity contribution in [2.75, 3.05) is 0 Å². The highest BCUT2D eigenvalue weighted by atomic mass is 16.3. The predicted octanol–water partition coefficient (Wildman–Crippen LogP) is 2.16. The molecule has 2 aromatic rings. The molecule has 70 valence electrons. The van der Waals surface area contributed by atoms with Crippen LogP contribution in [0.5, 0.6) is 5.75 Å². The molecule has 0 saturated heterocycles. The molecule has 2 aromatic heterocycles. The lowest BCUT2D eigenvalue weighted by Crippen LogP contribution is -1.85. The Balaban J connectivity index is 2.55. The Hall–Kier alpha value is -1.90. The molecular formula is C11H10N2O. The Morgan fingerprint density at radius 2 is 2.00 bits per heavy atom. The van der Waals surface area contributed by atoms with Crippen molar-refractivity contribution in [3.8, 4) is 16.9 Å². The predicted molar refractivity (Wildman–Crippen MR) is 53.9 cm³/mol. The van der Waals surface area contributed by atoms with Crippen molar-refractivity contribution in [2.24, 2.45) is 0 Å². The smallest absolute Gasteiger partial charge is 0.134 e. The van der Waals surface area contributed by atoms with Gasteiger partial charge in [0.25, 0.3) is 0 Å². The van der Waals surface area contributed by atoms with Crippen LogP contribution in [0.4, 0.5) is 0 Å². The van der Waals surface area contributed by atoms with Crippen molar-refractivity contribution in [3.63, 3.8) is 0 Å². The summed E-state index contributed by atoms with van der Waals surface area (Å²) in [6.07, 6.45) is 6.64. The average molecular weight is 186 g/mol. The van der Waals surface area contributed by atoms with E-state index in [1.54, 1.807) is 24.7 Å². The van der Waals surface area contributed by atoms with Crippen molar-refractivity contribution >= 4 is 0 Å². The molecule has 3 heteroatoms. The van der Waals surface area contributed by atoms with Gasteiger partial charge < -0.3 is 5.11 Å². The molecule has 0 aliphatic carbocycles. The lowest BCUT2D eigenvalue weighted by molar-refractivity contribution is 0.473. The Morgan fingerprint density at radius 3 is 2.71 bits per heavy atom. The topological polar surface area (TPSA) is 46.0 Å². The standard InChI is InChI=1S/C11H10N2O/c1-8-2-3-12-7-11(8)9-4-10(14)6-13-5-9/h2-7,14H,1H3. The van der Waals surface area contributed by atoms with Crippen molar-refractivity contribution < 1.29 is 5.11 Å². The molecule has 0 atom stereocenters. The van der Waals surface area contributed by atoms with E-state index in [1.807, 2.05) is 13.0 Å². The van der Waals surface area contributed by atoms with Crippen LogP contribution in [-0.4, -0.2) is 15.1 Å². The molecule has 0 saturated carbocycles. The van der Waals surface area contributed by atoms with Crippen LogP contribution in [0.3, 0.4) is 0 Å². The van der Waals surface area contributed by atoms with Gasteiger partial charge in [0.1, 0.15) is 5.75 Å². The zero-order valence-electron chi connectivity index (χ0n) is 7.81. The van der Waals surface area contributed by atoms with Gasteiger partial charge in [0.15, 0.2) is 0 Å². The molecule has 0 fully saturated rings. The van der Waals surface area contributed by atoms with E-state index >= 15 is 0 Å². The van der Waals surface area contributed by atoms with Crippen LogP contribution in [0.15, 0.2) is 36.9 Å². The molecule has 2 rings (SSSR count). The molecule has 1 N–H and O–H groups in total. The Kier molecular flexibility index (Phi) is 2.14. The molecule has 0 amide bonds. The first kappa shape index (κ1) is 8.69. The molecule has 3 nitrogen and oxygen atoms in total. The first-order valence-corrected chi connectivity index (χ1v) is 4.32. The van der Waals surface area contributed by atoms with E-state index in [0.29, 0.717) is 0 Å². The van der Waals surface area contributed by atoms with Crippen molar-refractivity contribution in [1.82, 2.24) is 9.97 Å². The molecule has 0 aliphatic heterocycles. The van der Waals surface area contributed by atoms with Crippen LogP contribution >= 0.6 is 0 Å². The molecule has 0 aliphatic rings. The van der Waals surface area contributed by atoms with E-state index in [4.69, 9.17) is 0 Å². The minimum absolute atomic E-state index is 0.172. The summed E-state index contributed by atoms with van der Waals surface area (Å²) >= 11 is 0. The van der Waals surface area contributed by atoms with E-state index < -0.39 is 0 Å². The number of aryl methyl sites for hydroxylation is 1. The van der Waals surface area contributed by atoms with Crippen LogP contribution in [0.1, 0.15) is 5.56 Å². The van der Waals surface area contributed by atoms with Crippen LogP contribution in [0.2, 0.25) is 0 Å². The number of hydrogen-bond acceptors (Lipinski definition) is 3. The van der Waals surface area contributed by atoms with Crippen molar-refractivity contribution in [3.05, 3.63) is 42.5 Å². The fraction of sp³-hybridized carbons (Fsp3) is 0.0909. The fourth-order valence-corrected chi connectivity index (χ4v) is 1.34. The number of rotatable bonds is 1. The van der Waals surface area contributed by atoms with Gasteiger partial charge in [0.05, 0.1) is 6.20 Å². The third-order valence-electron chi connectivity index (χ3n) is 2.07.